The molecule has 7 heteroatoms. The van der Waals surface area contributed by atoms with E-state index in [0.29, 0.717) is 6.07 Å². The molecular weight excluding hydrogens is 266 g/mol. The fourth-order valence-electron chi connectivity index (χ4n) is 1.83. The smallest absolute Gasteiger partial charge is 0.254 e. The Morgan fingerprint density at radius 3 is 2.70 bits per heavy atom. The zero-order valence-electron chi connectivity index (χ0n) is 11.1. The molecule has 0 atom stereocenters. The lowest BCUT2D eigenvalue weighted by Gasteiger charge is -2.07. The van der Waals surface area contributed by atoms with E-state index in [1.54, 1.807) is 24.9 Å². The summed E-state index contributed by atoms with van der Waals surface area (Å²) in [5.41, 5.74) is 6.36. The van der Waals surface area contributed by atoms with Crippen molar-refractivity contribution in [2.24, 2.45) is 7.05 Å². The molecule has 2 aromatic rings. The highest BCUT2D eigenvalue weighted by atomic mass is 19.1. The minimum Gasteiger partial charge on any atom is -0.396 e. The van der Waals surface area contributed by atoms with Gasteiger partial charge < -0.3 is 11.1 Å². The monoisotopic (exact) mass is 280 g/mol. The van der Waals surface area contributed by atoms with E-state index < -0.39 is 17.5 Å². The number of carbonyl (C=O) groups excluding carboxylic acids is 1. The van der Waals surface area contributed by atoms with E-state index in [1.807, 2.05) is 0 Å². The second-order valence-corrected chi connectivity index (χ2v) is 4.45. The maximum atomic E-state index is 13.5. The number of rotatable bonds is 3. The standard InChI is InChI=1S/C13H14F2N4O/c1-7-8(6-19(2)18-7)5-17-13(20)9-3-12(16)11(15)4-10(9)14/h3-4,6H,5,16H2,1-2H3,(H,17,20). The molecule has 0 aliphatic rings. The Kier molecular flexibility index (Phi) is 3.69. The van der Waals surface area contributed by atoms with Gasteiger partial charge >= 0.3 is 0 Å². The van der Waals surface area contributed by atoms with Crippen molar-refractivity contribution >= 4 is 11.6 Å². The van der Waals surface area contributed by atoms with Gasteiger partial charge in [-0.05, 0) is 13.0 Å². The first-order chi connectivity index (χ1) is 9.38. The number of aromatic nitrogens is 2. The van der Waals surface area contributed by atoms with Crippen molar-refractivity contribution in [1.82, 2.24) is 15.1 Å². The summed E-state index contributed by atoms with van der Waals surface area (Å²) in [5.74, 6) is -2.49. The van der Waals surface area contributed by atoms with Crippen LogP contribution in [0.3, 0.4) is 0 Å². The van der Waals surface area contributed by atoms with Gasteiger partial charge in [0.15, 0.2) is 0 Å². The molecule has 0 saturated carbocycles. The molecule has 0 fully saturated rings. The highest BCUT2D eigenvalue weighted by Crippen LogP contribution is 2.16. The van der Waals surface area contributed by atoms with Crippen molar-refractivity contribution < 1.29 is 13.6 Å². The van der Waals surface area contributed by atoms with Gasteiger partial charge in [-0.25, -0.2) is 8.78 Å². The summed E-state index contributed by atoms with van der Waals surface area (Å²) in [6, 6.07) is 1.58. The first kappa shape index (κ1) is 14.0. The molecule has 0 radical (unpaired) electrons. The number of nitrogens with zero attached hydrogens (tertiary/aromatic N) is 2. The molecule has 0 spiro atoms. The van der Waals surface area contributed by atoms with Crippen LogP contribution in [-0.4, -0.2) is 15.7 Å². The van der Waals surface area contributed by atoms with E-state index in [1.165, 1.54) is 0 Å². The highest BCUT2D eigenvalue weighted by Gasteiger charge is 2.15. The van der Waals surface area contributed by atoms with E-state index >= 15 is 0 Å². The molecule has 3 N–H and O–H groups in total. The molecule has 0 bridgehead atoms. The van der Waals surface area contributed by atoms with Crippen LogP contribution in [0.1, 0.15) is 21.6 Å². The fraction of sp³-hybridized carbons (Fsp3) is 0.231. The number of anilines is 1. The van der Waals surface area contributed by atoms with Gasteiger partial charge in [-0.1, -0.05) is 0 Å². The van der Waals surface area contributed by atoms with Crippen molar-refractivity contribution in [3.8, 4) is 0 Å². The Bertz CT molecular complexity index is 667. The molecule has 5 nitrogen and oxygen atoms in total. The van der Waals surface area contributed by atoms with Crippen LogP contribution in [0.15, 0.2) is 18.3 Å². The Hall–Kier alpha value is -2.44. The molecular formula is C13H14F2N4O. The van der Waals surface area contributed by atoms with Gasteiger partial charge in [0.2, 0.25) is 0 Å². The van der Waals surface area contributed by atoms with Crippen molar-refractivity contribution in [2.75, 3.05) is 5.73 Å². The molecule has 2 rings (SSSR count). The number of nitrogens with two attached hydrogens (primary N) is 1. The number of hydrogen-bond acceptors (Lipinski definition) is 3. The van der Waals surface area contributed by atoms with E-state index in [2.05, 4.69) is 10.4 Å². The summed E-state index contributed by atoms with van der Waals surface area (Å²) in [4.78, 5) is 11.9. The van der Waals surface area contributed by atoms with Crippen LogP contribution in [-0.2, 0) is 13.6 Å². The van der Waals surface area contributed by atoms with Crippen LogP contribution < -0.4 is 11.1 Å². The van der Waals surface area contributed by atoms with Crippen molar-refractivity contribution in [2.45, 2.75) is 13.5 Å². The largest absolute Gasteiger partial charge is 0.396 e. The summed E-state index contributed by atoms with van der Waals surface area (Å²) < 4.78 is 28.2. The lowest BCUT2D eigenvalue weighted by molar-refractivity contribution is 0.0947. The van der Waals surface area contributed by atoms with E-state index in [4.69, 9.17) is 5.73 Å². The second kappa shape index (κ2) is 5.28. The Balaban J connectivity index is 2.13. The van der Waals surface area contributed by atoms with Gasteiger partial charge in [0.1, 0.15) is 11.6 Å². The van der Waals surface area contributed by atoms with Crippen LogP contribution in [0.4, 0.5) is 14.5 Å². The number of nitrogen functional groups attached to an aromatic ring is 1. The summed E-state index contributed by atoms with van der Waals surface area (Å²) in [5, 5.41) is 6.67. The minimum atomic E-state index is -0.947. The molecule has 0 unspecified atom stereocenters. The van der Waals surface area contributed by atoms with E-state index in [0.717, 1.165) is 17.3 Å². The predicted octanol–water partition coefficient (Wildman–Crippen LogP) is 1.52. The molecule has 1 heterocycles. The first-order valence-electron chi connectivity index (χ1n) is 5.90. The Labute approximate surface area is 114 Å². The number of benzene rings is 1. The van der Waals surface area contributed by atoms with Gasteiger partial charge in [-0.15, -0.1) is 0 Å². The third kappa shape index (κ3) is 2.76. The average Bonchev–Trinajstić information content (AvgIpc) is 2.69. The molecule has 1 aromatic carbocycles. The SMILES string of the molecule is Cc1nn(C)cc1CNC(=O)c1cc(N)c(F)cc1F. The summed E-state index contributed by atoms with van der Waals surface area (Å²) in [6.45, 7) is 2.01. The van der Waals surface area contributed by atoms with Crippen LogP contribution in [0.25, 0.3) is 0 Å². The number of amides is 1. The average molecular weight is 280 g/mol. The fourth-order valence-corrected chi connectivity index (χ4v) is 1.83. The molecule has 0 aliphatic heterocycles. The number of hydrogen-bond donors (Lipinski definition) is 2. The molecule has 20 heavy (non-hydrogen) atoms. The number of aryl methyl sites for hydroxylation is 2. The van der Waals surface area contributed by atoms with Gasteiger partial charge in [-0.3, -0.25) is 9.48 Å². The quantitative estimate of drug-likeness (QED) is 0.837. The number of carbonyl (C=O) groups is 1. The van der Waals surface area contributed by atoms with Crippen molar-refractivity contribution in [1.29, 1.82) is 0 Å². The molecule has 106 valence electrons. The van der Waals surface area contributed by atoms with E-state index in [-0.39, 0.29) is 17.8 Å². The molecule has 1 aromatic heterocycles. The second-order valence-electron chi connectivity index (χ2n) is 4.45. The predicted molar refractivity (Wildman–Crippen MR) is 69.9 cm³/mol. The first-order valence-corrected chi connectivity index (χ1v) is 5.90. The third-order valence-electron chi connectivity index (χ3n) is 2.89. The van der Waals surface area contributed by atoms with Gasteiger partial charge in [0, 0.05) is 31.4 Å². The van der Waals surface area contributed by atoms with Crippen LogP contribution in [0.2, 0.25) is 0 Å². The molecule has 0 saturated heterocycles. The summed E-state index contributed by atoms with van der Waals surface area (Å²) in [7, 11) is 1.76. The van der Waals surface area contributed by atoms with E-state index in [9.17, 15) is 13.6 Å². The Morgan fingerprint density at radius 1 is 1.40 bits per heavy atom. The normalized spacial score (nSPS) is 10.6. The molecule has 1 amide bonds. The Morgan fingerprint density at radius 2 is 2.10 bits per heavy atom. The lowest BCUT2D eigenvalue weighted by Crippen LogP contribution is -2.24. The maximum absolute atomic E-state index is 13.5. The van der Waals surface area contributed by atoms with Crippen LogP contribution in [0, 0.1) is 18.6 Å². The van der Waals surface area contributed by atoms with Crippen LogP contribution in [0.5, 0.6) is 0 Å². The number of halogens is 2. The van der Waals surface area contributed by atoms with Gasteiger partial charge in [0.05, 0.1) is 16.9 Å². The zero-order chi connectivity index (χ0) is 14.9. The van der Waals surface area contributed by atoms with Crippen molar-refractivity contribution in [3.63, 3.8) is 0 Å². The topological polar surface area (TPSA) is 72.9 Å². The molecule has 0 aliphatic carbocycles. The van der Waals surface area contributed by atoms with Crippen LogP contribution >= 0.6 is 0 Å². The summed E-state index contributed by atoms with van der Waals surface area (Å²) in [6.07, 6.45) is 1.75. The highest BCUT2D eigenvalue weighted by molar-refractivity contribution is 5.95. The zero-order valence-corrected chi connectivity index (χ0v) is 11.1. The van der Waals surface area contributed by atoms with Crippen molar-refractivity contribution in [3.05, 3.63) is 46.8 Å². The maximum Gasteiger partial charge on any atom is 0.254 e. The minimum absolute atomic E-state index is 0.204. The third-order valence-corrected chi connectivity index (χ3v) is 2.89. The van der Waals surface area contributed by atoms with Gasteiger partial charge in [0.25, 0.3) is 5.91 Å². The van der Waals surface area contributed by atoms with Gasteiger partial charge in [-0.2, -0.15) is 5.10 Å². The summed E-state index contributed by atoms with van der Waals surface area (Å²) >= 11 is 0. The number of nitrogens with one attached hydrogen (secondary N) is 1. The lowest BCUT2D eigenvalue weighted by atomic mass is 10.1.